The maximum atomic E-state index is 12.6. The van der Waals surface area contributed by atoms with Gasteiger partial charge in [0.2, 0.25) is 0 Å². The molecule has 0 unspecified atom stereocenters. The molecule has 0 aliphatic rings. The molecule has 1 amide bonds. The van der Waals surface area contributed by atoms with E-state index in [1.165, 1.54) is 23.5 Å². The van der Waals surface area contributed by atoms with E-state index in [4.69, 9.17) is 0 Å². The minimum Gasteiger partial charge on any atom is -0.292 e. The monoisotopic (exact) mass is 342 g/mol. The van der Waals surface area contributed by atoms with E-state index in [1.807, 2.05) is 6.92 Å². The zero-order valence-electron chi connectivity index (χ0n) is 13.2. The fourth-order valence-electron chi connectivity index (χ4n) is 1.78. The number of carbonyl (C=O) groups is 1. The molecule has 0 saturated heterocycles. The highest BCUT2D eigenvalue weighted by atomic mass is 32.1. The van der Waals surface area contributed by atoms with Gasteiger partial charge in [-0.05, 0) is 31.2 Å². The number of benzene rings is 1. The Bertz CT molecular complexity index is 777. The number of carbonyl (C=O) groups excluding carboxylic acids is 1. The van der Waals surface area contributed by atoms with E-state index in [0.717, 1.165) is 17.0 Å². The normalized spacial score (nSPS) is 13.4. The van der Waals surface area contributed by atoms with Gasteiger partial charge in [-0.2, -0.15) is 18.2 Å². The lowest BCUT2D eigenvalue weighted by atomic mass is 9.96. The van der Waals surface area contributed by atoms with E-state index >= 15 is 0 Å². The highest BCUT2D eigenvalue weighted by molar-refractivity contribution is 7.09. The molecule has 0 atom stereocenters. The average Bonchev–Trinajstić information content (AvgIpc) is 2.77. The number of aromatic nitrogens is 1. The van der Waals surface area contributed by atoms with Crippen LogP contribution in [0.4, 0.5) is 13.2 Å². The van der Waals surface area contributed by atoms with Gasteiger partial charge in [-0.3, -0.25) is 9.36 Å². The molecule has 0 N–H and O–H groups in total. The Balaban J connectivity index is 2.49. The Morgan fingerprint density at radius 1 is 1.13 bits per heavy atom. The summed E-state index contributed by atoms with van der Waals surface area (Å²) in [4.78, 5) is 17.6. The third kappa shape index (κ3) is 4.10. The average molecular weight is 342 g/mol. The van der Waals surface area contributed by atoms with Crippen LogP contribution in [0.1, 0.15) is 31.2 Å². The molecule has 3 nitrogen and oxygen atoms in total. The van der Waals surface area contributed by atoms with Crippen LogP contribution in [0.2, 0.25) is 0 Å². The van der Waals surface area contributed by atoms with Gasteiger partial charge in [0.15, 0.2) is 4.80 Å². The van der Waals surface area contributed by atoms with E-state index < -0.39 is 17.2 Å². The largest absolute Gasteiger partial charge is 0.416 e. The van der Waals surface area contributed by atoms with Crippen LogP contribution in [0.25, 0.3) is 5.69 Å². The number of amides is 1. The summed E-state index contributed by atoms with van der Waals surface area (Å²) in [6.45, 7) is 7.15. The maximum absolute atomic E-state index is 12.6. The van der Waals surface area contributed by atoms with Crippen molar-refractivity contribution < 1.29 is 18.0 Å². The molecule has 0 spiro atoms. The Hall–Kier alpha value is -1.89. The highest BCUT2D eigenvalue weighted by Gasteiger charge is 2.30. The molecule has 1 heterocycles. The van der Waals surface area contributed by atoms with Crippen molar-refractivity contribution in [2.45, 2.75) is 33.9 Å². The lowest BCUT2D eigenvalue weighted by Gasteiger charge is -2.12. The molecule has 7 heteroatoms. The van der Waals surface area contributed by atoms with Crippen LogP contribution in [-0.4, -0.2) is 10.5 Å². The molecule has 0 saturated carbocycles. The molecule has 0 bridgehead atoms. The molecule has 0 fully saturated rings. The molecule has 2 rings (SSSR count). The topological polar surface area (TPSA) is 34.4 Å². The summed E-state index contributed by atoms with van der Waals surface area (Å²) < 4.78 is 39.6. The molecule has 124 valence electrons. The van der Waals surface area contributed by atoms with Crippen molar-refractivity contribution in [2.24, 2.45) is 10.4 Å². The highest BCUT2D eigenvalue weighted by Crippen LogP contribution is 2.29. The van der Waals surface area contributed by atoms with Gasteiger partial charge in [-0.1, -0.05) is 20.8 Å². The SMILES string of the molecule is Cc1cn(-c2ccc(C(F)(F)F)cc2)c(=NC(=O)C(C)(C)C)s1. The van der Waals surface area contributed by atoms with Crippen LogP contribution in [-0.2, 0) is 11.0 Å². The minimum atomic E-state index is -4.37. The van der Waals surface area contributed by atoms with Gasteiger partial charge in [0, 0.05) is 22.2 Å². The second-order valence-corrected chi connectivity index (χ2v) is 7.42. The molecule has 1 aromatic heterocycles. The zero-order chi connectivity index (χ0) is 17.4. The first-order chi connectivity index (χ1) is 10.5. The lowest BCUT2D eigenvalue weighted by Crippen LogP contribution is -2.23. The van der Waals surface area contributed by atoms with Crippen molar-refractivity contribution in [1.29, 1.82) is 0 Å². The molecular formula is C16H17F3N2OS. The van der Waals surface area contributed by atoms with Gasteiger partial charge in [0.25, 0.3) is 5.91 Å². The fourth-order valence-corrected chi connectivity index (χ4v) is 2.61. The van der Waals surface area contributed by atoms with Crippen molar-refractivity contribution in [3.05, 3.63) is 45.7 Å². The molecule has 0 aliphatic heterocycles. The summed E-state index contributed by atoms with van der Waals surface area (Å²) >= 11 is 1.32. The van der Waals surface area contributed by atoms with Crippen LogP contribution in [0, 0.1) is 12.3 Å². The Kier molecular flexibility index (Phi) is 4.52. The summed E-state index contributed by atoms with van der Waals surface area (Å²) in [6, 6.07) is 4.78. The van der Waals surface area contributed by atoms with Crippen LogP contribution >= 0.6 is 11.3 Å². The Morgan fingerprint density at radius 2 is 1.70 bits per heavy atom. The van der Waals surface area contributed by atoms with E-state index in [9.17, 15) is 18.0 Å². The lowest BCUT2D eigenvalue weighted by molar-refractivity contribution is -0.137. The summed E-state index contributed by atoms with van der Waals surface area (Å²) in [5, 5.41) is 0. The van der Waals surface area contributed by atoms with E-state index in [0.29, 0.717) is 10.5 Å². The van der Waals surface area contributed by atoms with Crippen molar-refractivity contribution in [2.75, 3.05) is 0 Å². The Labute approximate surface area is 136 Å². The number of hydrogen-bond donors (Lipinski definition) is 0. The smallest absolute Gasteiger partial charge is 0.292 e. The Morgan fingerprint density at radius 3 is 2.17 bits per heavy atom. The summed E-state index contributed by atoms with van der Waals surface area (Å²) in [5.74, 6) is -0.278. The first-order valence-electron chi connectivity index (χ1n) is 6.94. The van der Waals surface area contributed by atoms with Gasteiger partial charge in [-0.25, -0.2) is 0 Å². The standard InChI is InChI=1S/C16H17F3N2OS/c1-10-9-21(14(23-10)20-13(22)15(2,3)4)12-7-5-11(6-8-12)16(17,18)19/h5-9H,1-4H3. The third-order valence-corrected chi connectivity index (χ3v) is 3.98. The number of alkyl halides is 3. The van der Waals surface area contributed by atoms with Gasteiger partial charge >= 0.3 is 6.18 Å². The van der Waals surface area contributed by atoms with Crippen molar-refractivity contribution in [3.8, 4) is 5.69 Å². The van der Waals surface area contributed by atoms with Crippen LogP contribution in [0.15, 0.2) is 35.5 Å². The zero-order valence-corrected chi connectivity index (χ0v) is 14.0. The van der Waals surface area contributed by atoms with Crippen molar-refractivity contribution in [1.82, 2.24) is 4.57 Å². The van der Waals surface area contributed by atoms with E-state index in [1.54, 1.807) is 31.5 Å². The second-order valence-electron chi connectivity index (χ2n) is 6.21. The number of hydrogen-bond acceptors (Lipinski definition) is 2. The van der Waals surface area contributed by atoms with Gasteiger partial charge < -0.3 is 0 Å². The number of nitrogens with zero attached hydrogens (tertiary/aromatic N) is 2. The molecule has 1 aromatic carbocycles. The van der Waals surface area contributed by atoms with Gasteiger partial charge in [-0.15, -0.1) is 11.3 Å². The van der Waals surface area contributed by atoms with Crippen LogP contribution in [0.5, 0.6) is 0 Å². The third-order valence-electron chi connectivity index (χ3n) is 3.08. The summed E-state index contributed by atoms with van der Waals surface area (Å²) in [6.07, 6.45) is -2.62. The van der Waals surface area contributed by atoms with Crippen molar-refractivity contribution >= 4 is 17.2 Å². The molecule has 0 aliphatic carbocycles. The summed E-state index contributed by atoms with van der Waals surface area (Å²) in [7, 11) is 0. The quantitative estimate of drug-likeness (QED) is 0.759. The maximum Gasteiger partial charge on any atom is 0.416 e. The first kappa shape index (κ1) is 17.5. The predicted molar refractivity (Wildman–Crippen MR) is 83.4 cm³/mol. The van der Waals surface area contributed by atoms with E-state index in [2.05, 4.69) is 4.99 Å². The second kappa shape index (κ2) is 5.96. The molecule has 2 aromatic rings. The number of thiazole rings is 1. The minimum absolute atomic E-state index is 0.278. The number of halogens is 3. The number of rotatable bonds is 1. The fraction of sp³-hybridized carbons (Fsp3) is 0.375. The number of aryl methyl sites for hydroxylation is 1. The van der Waals surface area contributed by atoms with Crippen molar-refractivity contribution in [3.63, 3.8) is 0 Å². The first-order valence-corrected chi connectivity index (χ1v) is 7.76. The molecule has 23 heavy (non-hydrogen) atoms. The summed E-state index contributed by atoms with van der Waals surface area (Å²) in [5.41, 5.74) is -0.795. The molecule has 0 radical (unpaired) electrons. The van der Waals surface area contributed by atoms with Gasteiger partial charge in [0.05, 0.1) is 5.56 Å². The molecular weight excluding hydrogens is 325 g/mol. The van der Waals surface area contributed by atoms with Crippen LogP contribution < -0.4 is 4.80 Å². The predicted octanol–water partition coefficient (Wildman–Crippen LogP) is 4.34. The van der Waals surface area contributed by atoms with Crippen LogP contribution in [0.3, 0.4) is 0 Å². The van der Waals surface area contributed by atoms with E-state index in [-0.39, 0.29) is 5.91 Å². The van der Waals surface area contributed by atoms with Gasteiger partial charge in [0.1, 0.15) is 0 Å².